The third kappa shape index (κ3) is 3.08. The molecule has 5 heteroatoms. The van der Waals surface area contributed by atoms with Gasteiger partial charge in [0.05, 0.1) is 4.75 Å². The molecule has 3 N–H and O–H groups in total. The molecule has 4 nitrogen and oxygen atoms in total. The van der Waals surface area contributed by atoms with Gasteiger partial charge in [-0.3, -0.25) is 0 Å². The number of sulfonamides is 1. The fourth-order valence-corrected chi connectivity index (χ4v) is 1.28. The molecule has 1 rings (SSSR count). The molecule has 1 aromatic rings. The Morgan fingerprint density at radius 1 is 1.38 bits per heavy atom. The SMILES string of the molecule is CC(C)(/C=C/c1cccc(O)c1)S(N)(=O)=O. The number of primary sulfonamides is 1. The van der Waals surface area contributed by atoms with E-state index in [1.807, 2.05) is 0 Å². The summed E-state index contributed by atoms with van der Waals surface area (Å²) in [5.74, 6) is 0.135. The standard InChI is InChI=1S/C11H15NO3S/c1-11(2,16(12,14)15)7-6-9-4-3-5-10(13)8-9/h3-8,13H,1-2H3,(H2,12,14,15)/b7-6+. The van der Waals surface area contributed by atoms with Crippen molar-refractivity contribution in [2.75, 3.05) is 0 Å². The Bertz CT molecular complexity index is 504. The summed E-state index contributed by atoms with van der Waals surface area (Å²) in [5.41, 5.74) is 0.719. The monoisotopic (exact) mass is 241 g/mol. The number of hydrogen-bond acceptors (Lipinski definition) is 3. The zero-order chi connectivity index (χ0) is 12.4. The summed E-state index contributed by atoms with van der Waals surface area (Å²) in [6.45, 7) is 3.03. The van der Waals surface area contributed by atoms with Crippen LogP contribution in [0.3, 0.4) is 0 Å². The summed E-state index contributed by atoms with van der Waals surface area (Å²) in [6.07, 6.45) is 3.11. The Balaban J connectivity index is 2.98. The lowest BCUT2D eigenvalue weighted by atomic mass is 10.1. The molecule has 0 aliphatic heterocycles. The van der Waals surface area contributed by atoms with Gasteiger partial charge in [0, 0.05) is 0 Å². The second-order valence-corrected chi connectivity index (χ2v) is 6.22. The van der Waals surface area contributed by atoms with Gasteiger partial charge in [-0.25, -0.2) is 13.6 Å². The van der Waals surface area contributed by atoms with Gasteiger partial charge >= 0.3 is 0 Å². The van der Waals surface area contributed by atoms with Gasteiger partial charge in [-0.05, 0) is 31.5 Å². The Morgan fingerprint density at radius 3 is 2.50 bits per heavy atom. The number of benzene rings is 1. The molecule has 0 atom stereocenters. The van der Waals surface area contributed by atoms with Crippen molar-refractivity contribution in [1.29, 1.82) is 0 Å². The molecule has 0 heterocycles. The van der Waals surface area contributed by atoms with Gasteiger partial charge in [-0.2, -0.15) is 0 Å². The van der Waals surface area contributed by atoms with E-state index in [-0.39, 0.29) is 5.75 Å². The van der Waals surface area contributed by atoms with Crippen molar-refractivity contribution >= 4 is 16.1 Å². The molecular weight excluding hydrogens is 226 g/mol. The van der Waals surface area contributed by atoms with Crippen molar-refractivity contribution in [3.63, 3.8) is 0 Å². The average Bonchev–Trinajstić information content (AvgIpc) is 2.13. The number of nitrogens with two attached hydrogens (primary N) is 1. The van der Waals surface area contributed by atoms with Crippen molar-refractivity contribution < 1.29 is 13.5 Å². The van der Waals surface area contributed by atoms with Crippen molar-refractivity contribution in [3.8, 4) is 5.75 Å². The second-order valence-electron chi connectivity index (χ2n) is 4.08. The van der Waals surface area contributed by atoms with Crippen LogP contribution in [0.5, 0.6) is 5.75 Å². The summed E-state index contributed by atoms with van der Waals surface area (Å²) in [6, 6.07) is 6.52. The summed E-state index contributed by atoms with van der Waals surface area (Å²) in [4.78, 5) is 0. The van der Waals surface area contributed by atoms with E-state index in [9.17, 15) is 13.5 Å². The highest BCUT2D eigenvalue weighted by molar-refractivity contribution is 7.90. The number of rotatable bonds is 3. The number of aromatic hydroxyl groups is 1. The Morgan fingerprint density at radius 2 is 2.00 bits per heavy atom. The lowest BCUT2D eigenvalue weighted by Gasteiger charge is -2.16. The molecule has 0 fully saturated rings. The highest BCUT2D eigenvalue weighted by Gasteiger charge is 2.27. The van der Waals surface area contributed by atoms with E-state index in [0.717, 1.165) is 5.56 Å². The van der Waals surface area contributed by atoms with Crippen LogP contribution in [0.15, 0.2) is 30.3 Å². The van der Waals surface area contributed by atoms with Gasteiger partial charge in [0.2, 0.25) is 10.0 Å². The molecule has 0 unspecified atom stereocenters. The van der Waals surface area contributed by atoms with Crippen LogP contribution in [0.2, 0.25) is 0 Å². The normalized spacial score (nSPS) is 13.2. The van der Waals surface area contributed by atoms with Gasteiger partial charge in [0.15, 0.2) is 0 Å². The molecule has 0 saturated heterocycles. The lowest BCUT2D eigenvalue weighted by Crippen LogP contribution is -2.35. The van der Waals surface area contributed by atoms with Crippen LogP contribution < -0.4 is 5.14 Å². The minimum atomic E-state index is -3.63. The quantitative estimate of drug-likeness (QED) is 0.841. The molecule has 16 heavy (non-hydrogen) atoms. The Kier molecular flexibility index (Phi) is 3.40. The van der Waals surface area contributed by atoms with Crippen LogP contribution in [0, 0.1) is 0 Å². The molecular formula is C11H15NO3S. The maximum atomic E-state index is 11.2. The van der Waals surface area contributed by atoms with Gasteiger partial charge in [-0.15, -0.1) is 0 Å². The zero-order valence-electron chi connectivity index (χ0n) is 9.21. The molecule has 88 valence electrons. The van der Waals surface area contributed by atoms with E-state index in [4.69, 9.17) is 5.14 Å². The molecule has 0 radical (unpaired) electrons. The highest BCUT2D eigenvalue weighted by atomic mass is 32.2. The molecule has 0 spiro atoms. The van der Waals surface area contributed by atoms with E-state index in [2.05, 4.69) is 0 Å². The molecule has 0 saturated carbocycles. The highest BCUT2D eigenvalue weighted by Crippen LogP contribution is 2.18. The summed E-state index contributed by atoms with van der Waals surface area (Å²) in [7, 11) is -3.63. The van der Waals surface area contributed by atoms with Crippen molar-refractivity contribution in [1.82, 2.24) is 0 Å². The van der Waals surface area contributed by atoms with Gasteiger partial charge in [0.25, 0.3) is 0 Å². The Labute approximate surface area is 95.5 Å². The van der Waals surface area contributed by atoms with E-state index in [1.165, 1.54) is 26.0 Å². The van der Waals surface area contributed by atoms with Crippen molar-refractivity contribution in [2.24, 2.45) is 5.14 Å². The first kappa shape index (κ1) is 12.7. The maximum absolute atomic E-state index is 11.2. The Hall–Kier alpha value is -1.33. The first-order chi connectivity index (χ1) is 7.22. The largest absolute Gasteiger partial charge is 0.508 e. The number of hydrogen-bond donors (Lipinski definition) is 2. The lowest BCUT2D eigenvalue weighted by molar-refractivity contribution is 0.475. The van der Waals surface area contributed by atoms with Crippen molar-refractivity contribution in [2.45, 2.75) is 18.6 Å². The van der Waals surface area contributed by atoms with E-state index in [0.29, 0.717) is 0 Å². The number of phenols is 1. The summed E-state index contributed by atoms with van der Waals surface area (Å²) >= 11 is 0. The van der Waals surface area contributed by atoms with Gasteiger partial charge in [0.1, 0.15) is 5.75 Å². The van der Waals surface area contributed by atoms with Gasteiger partial charge in [-0.1, -0.05) is 24.3 Å². The zero-order valence-corrected chi connectivity index (χ0v) is 10.0. The van der Waals surface area contributed by atoms with Crippen LogP contribution in [0.1, 0.15) is 19.4 Å². The minimum Gasteiger partial charge on any atom is -0.508 e. The molecule has 0 bridgehead atoms. The van der Waals surface area contributed by atoms with Crippen LogP contribution in [0.25, 0.3) is 6.08 Å². The van der Waals surface area contributed by atoms with E-state index >= 15 is 0 Å². The van der Waals surface area contributed by atoms with Crippen LogP contribution in [0.4, 0.5) is 0 Å². The second kappa shape index (κ2) is 4.27. The third-order valence-electron chi connectivity index (χ3n) is 2.28. The molecule has 0 aliphatic rings. The van der Waals surface area contributed by atoms with Crippen LogP contribution in [-0.4, -0.2) is 18.3 Å². The predicted molar refractivity (Wildman–Crippen MR) is 64.3 cm³/mol. The predicted octanol–water partition coefficient (Wildman–Crippen LogP) is 1.47. The molecule has 0 aromatic heterocycles. The summed E-state index contributed by atoms with van der Waals surface area (Å²) in [5, 5.41) is 14.3. The van der Waals surface area contributed by atoms with Crippen LogP contribution in [-0.2, 0) is 10.0 Å². The molecule has 0 amide bonds. The smallest absolute Gasteiger partial charge is 0.217 e. The third-order valence-corrected chi connectivity index (χ3v) is 3.88. The molecule has 1 aromatic carbocycles. The first-order valence-electron chi connectivity index (χ1n) is 4.73. The minimum absolute atomic E-state index is 0.135. The average molecular weight is 241 g/mol. The van der Waals surface area contributed by atoms with E-state index in [1.54, 1.807) is 24.3 Å². The van der Waals surface area contributed by atoms with Crippen molar-refractivity contribution in [3.05, 3.63) is 35.9 Å². The fraction of sp³-hybridized carbons (Fsp3) is 0.273. The van der Waals surface area contributed by atoms with E-state index < -0.39 is 14.8 Å². The van der Waals surface area contributed by atoms with Crippen LogP contribution >= 0.6 is 0 Å². The van der Waals surface area contributed by atoms with Gasteiger partial charge < -0.3 is 5.11 Å². The molecule has 0 aliphatic carbocycles. The number of phenolic OH excluding ortho intramolecular Hbond substituents is 1. The first-order valence-corrected chi connectivity index (χ1v) is 6.28. The summed E-state index contributed by atoms with van der Waals surface area (Å²) < 4.78 is 21.3. The maximum Gasteiger partial charge on any atom is 0.217 e. The fourth-order valence-electron chi connectivity index (χ4n) is 1.02. The topological polar surface area (TPSA) is 80.4 Å².